The van der Waals surface area contributed by atoms with Gasteiger partial charge in [-0.25, -0.2) is 0 Å². The van der Waals surface area contributed by atoms with Crippen molar-refractivity contribution >= 4 is 22.6 Å². The average molecular weight is 300 g/mol. The van der Waals surface area contributed by atoms with Gasteiger partial charge in [0.1, 0.15) is 5.75 Å². The lowest BCUT2D eigenvalue weighted by Crippen LogP contribution is -1.89. The summed E-state index contributed by atoms with van der Waals surface area (Å²) >= 11 is 2.25. The van der Waals surface area contributed by atoms with E-state index in [2.05, 4.69) is 46.6 Å². The topological polar surface area (TPSA) is 9.23 Å². The minimum atomic E-state index is 0.827. The molecule has 0 saturated heterocycles. The van der Waals surface area contributed by atoms with Gasteiger partial charge >= 0.3 is 0 Å². The molecule has 0 aliphatic rings. The van der Waals surface area contributed by atoms with Gasteiger partial charge in [-0.1, -0.05) is 46.6 Å². The highest BCUT2D eigenvalue weighted by Gasteiger charge is 1.97. The van der Waals surface area contributed by atoms with E-state index in [1.54, 1.807) is 7.11 Å². The standard InChI is InChI=1S/C12H13IO/c1-10-9-11(5-3-4-8-13)6-7-12(10)14-2/h6-7,9H,5,8H2,1-2H3. The van der Waals surface area contributed by atoms with Crippen LogP contribution in [0, 0.1) is 18.8 Å². The Balaban J connectivity index is 2.76. The number of aryl methyl sites for hydroxylation is 1. The fourth-order valence-electron chi connectivity index (χ4n) is 1.26. The average Bonchev–Trinajstić information content (AvgIpc) is 2.18. The van der Waals surface area contributed by atoms with Gasteiger partial charge in [-0.2, -0.15) is 0 Å². The smallest absolute Gasteiger partial charge is 0.121 e. The molecule has 0 aliphatic heterocycles. The van der Waals surface area contributed by atoms with Crippen LogP contribution in [0.25, 0.3) is 0 Å². The van der Waals surface area contributed by atoms with E-state index in [1.807, 2.05) is 13.0 Å². The third-order valence-corrected chi connectivity index (χ3v) is 2.32. The molecule has 0 heterocycles. The van der Waals surface area contributed by atoms with Gasteiger partial charge < -0.3 is 4.74 Å². The van der Waals surface area contributed by atoms with E-state index >= 15 is 0 Å². The molecular formula is C12H13IO. The van der Waals surface area contributed by atoms with Crippen LogP contribution in [0.3, 0.4) is 0 Å². The van der Waals surface area contributed by atoms with E-state index in [-0.39, 0.29) is 0 Å². The highest BCUT2D eigenvalue weighted by atomic mass is 127. The lowest BCUT2D eigenvalue weighted by Gasteiger charge is -2.04. The normalized spacial score (nSPS) is 9.07. The summed E-state index contributed by atoms with van der Waals surface area (Å²) in [7, 11) is 1.69. The zero-order valence-electron chi connectivity index (χ0n) is 8.43. The van der Waals surface area contributed by atoms with Crippen LogP contribution in [0.4, 0.5) is 0 Å². The van der Waals surface area contributed by atoms with Crippen molar-refractivity contribution in [1.29, 1.82) is 0 Å². The van der Waals surface area contributed by atoms with E-state index in [0.29, 0.717) is 0 Å². The molecule has 1 nitrogen and oxygen atoms in total. The SMILES string of the molecule is COc1ccc(CC#CCI)cc1C. The van der Waals surface area contributed by atoms with Crippen LogP contribution in [0.1, 0.15) is 11.1 Å². The number of benzene rings is 1. The van der Waals surface area contributed by atoms with Crippen LogP contribution in [0.5, 0.6) is 5.75 Å². The summed E-state index contributed by atoms with van der Waals surface area (Å²) in [6.45, 7) is 2.05. The Morgan fingerprint density at radius 2 is 2.14 bits per heavy atom. The van der Waals surface area contributed by atoms with Crippen LogP contribution < -0.4 is 4.74 Å². The Labute approximate surface area is 99.0 Å². The Kier molecular flexibility index (Phi) is 4.81. The van der Waals surface area contributed by atoms with Crippen molar-refractivity contribution in [2.75, 3.05) is 11.5 Å². The molecule has 1 rings (SSSR count). The fourth-order valence-corrected chi connectivity index (χ4v) is 1.53. The summed E-state index contributed by atoms with van der Waals surface area (Å²) < 4.78 is 6.08. The van der Waals surface area contributed by atoms with Crippen LogP contribution in [-0.2, 0) is 6.42 Å². The molecule has 0 saturated carbocycles. The second kappa shape index (κ2) is 5.92. The number of alkyl halides is 1. The lowest BCUT2D eigenvalue weighted by molar-refractivity contribution is 0.411. The zero-order valence-corrected chi connectivity index (χ0v) is 10.6. The largest absolute Gasteiger partial charge is 0.496 e. The Morgan fingerprint density at radius 3 is 2.71 bits per heavy atom. The van der Waals surface area contributed by atoms with Crippen molar-refractivity contribution < 1.29 is 4.74 Å². The number of halogens is 1. The second-order valence-electron chi connectivity index (χ2n) is 2.97. The van der Waals surface area contributed by atoms with Crippen molar-refractivity contribution in [3.8, 4) is 17.6 Å². The van der Waals surface area contributed by atoms with Gasteiger partial charge in [0.25, 0.3) is 0 Å². The Hall–Kier alpha value is -0.690. The van der Waals surface area contributed by atoms with Crippen molar-refractivity contribution in [3.05, 3.63) is 29.3 Å². The second-order valence-corrected chi connectivity index (χ2v) is 3.73. The van der Waals surface area contributed by atoms with Crippen molar-refractivity contribution in [2.45, 2.75) is 13.3 Å². The molecular weight excluding hydrogens is 287 g/mol. The number of rotatable bonds is 2. The molecule has 0 aromatic heterocycles. The molecule has 0 spiro atoms. The van der Waals surface area contributed by atoms with Crippen LogP contribution in [0.2, 0.25) is 0 Å². The predicted molar refractivity (Wildman–Crippen MR) is 68.1 cm³/mol. The molecule has 1 aromatic carbocycles. The van der Waals surface area contributed by atoms with Gasteiger partial charge in [0.05, 0.1) is 11.5 Å². The highest BCUT2D eigenvalue weighted by Crippen LogP contribution is 2.18. The third-order valence-electron chi connectivity index (χ3n) is 1.94. The highest BCUT2D eigenvalue weighted by molar-refractivity contribution is 14.1. The van der Waals surface area contributed by atoms with Crippen molar-refractivity contribution in [2.24, 2.45) is 0 Å². The molecule has 1 aromatic rings. The first-order valence-electron chi connectivity index (χ1n) is 4.43. The first-order chi connectivity index (χ1) is 6.77. The summed E-state index contributed by atoms with van der Waals surface area (Å²) in [5.41, 5.74) is 2.42. The maximum absolute atomic E-state index is 5.19. The summed E-state index contributed by atoms with van der Waals surface area (Å²) in [6, 6.07) is 6.19. The molecule has 0 fully saturated rings. The van der Waals surface area contributed by atoms with Gasteiger partial charge in [0.15, 0.2) is 0 Å². The summed E-state index contributed by atoms with van der Waals surface area (Å²) in [5.74, 6) is 7.11. The first kappa shape index (κ1) is 11.4. The molecule has 0 atom stereocenters. The van der Waals surface area contributed by atoms with Gasteiger partial charge in [0.2, 0.25) is 0 Å². The number of methoxy groups -OCH3 is 1. The molecule has 74 valence electrons. The monoisotopic (exact) mass is 300 g/mol. The maximum atomic E-state index is 5.19. The molecule has 2 heteroatoms. The Morgan fingerprint density at radius 1 is 1.36 bits per heavy atom. The van der Waals surface area contributed by atoms with E-state index < -0.39 is 0 Å². The maximum Gasteiger partial charge on any atom is 0.121 e. The van der Waals surface area contributed by atoms with Gasteiger partial charge in [-0.15, -0.1) is 0 Å². The fraction of sp³-hybridized carbons (Fsp3) is 0.333. The summed E-state index contributed by atoms with van der Waals surface area (Å²) in [6.07, 6.45) is 0.827. The molecule has 0 aliphatic carbocycles. The summed E-state index contributed by atoms with van der Waals surface area (Å²) in [5, 5.41) is 0. The number of ether oxygens (including phenoxy) is 1. The van der Waals surface area contributed by atoms with E-state index in [1.165, 1.54) is 11.1 Å². The third kappa shape index (κ3) is 3.22. The molecule has 0 bridgehead atoms. The molecule has 0 N–H and O–H groups in total. The van der Waals surface area contributed by atoms with Gasteiger partial charge in [0, 0.05) is 6.42 Å². The molecule has 0 unspecified atom stereocenters. The minimum Gasteiger partial charge on any atom is -0.496 e. The minimum absolute atomic E-state index is 0.827. The van der Waals surface area contributed by atoms with Crippen LogP contribution in [0.15, 0.2) is 18.2 Å². The quantitative estimate of drug-likeness (QED) is 0.463. The molecule has 0 amide bonds. The molecule has 14 heavy (non-hydrogen) atoms. The van der Waals surface area contributed by atoms with Gasteiger partial charge in [-0.3, -0.25) is 0 Å². The van der Waals surface area contributed by atoms with E-state index in [0.717, 1.165) is 16.6 Å². The van der Waals surface area contributed by atoms with Crippen LogP contribution >= 0.6 is 22.6 Å². The number of hydrogen-bond acceptors (Lipinski definition) is 1. The first-order valence-corrected chi connectivity index (χ1v) is 5.95. The number of hydrogen-bond donors (Lipinski definition) is 0. The summed E-state index contributed by atoms with van der Waals surface area (Å²) in [4.78, 5) is 0. The van der Waals surface area contributed by atoms with Gasteiger partial charge in [-0.05, 0) is 24.1 Å². The zero-order chi connectivity index (χ0) is 10.4. The molecule has 0 radical (unpaired) electrons. The van der Waals surface area contributed by atoms with Crippen molar-refractivity contribution in [3.63, 3.8) is 0 Å². The van der Waals surface area contributed by atoms with E-state index in [9.17, 15) is 0 Å². The van der Waals surface area contributed by atoms with Crippen LogP contribution in [-0.4, -0.2) is 11.5 Å². The van der Waals surface area contributed by atoms with E-state index in [4.69, 9.17) is 4.74 Å². The predicted octanol–water partition coefficient (Wildman–Crippen LogP) is 2.98. The Bertz CT molecular complexity index is 360. The van der Waals surface area contributed by atoms with Crippen molar-refractivity contribution in [1.82, 2.24) is 0 Å². The lowest BCUT2D eigenvalue weighted by atomic mass is 10.1.